The molecule has 0 aliphatic rings. The third-order valence-electron chi connectivity index (χ3n) is 0.330. The molecular formula is C5H7O. The number of ether oxygens (including phenoxy) is 1. The van der Waals surface area contributed by atoms with Gasteiger partial charge < -0.3 is 4.74 Å². The van der Waals surface area contributed by atoms with Gasteiger partial charge in [-0.15, -0.1) is 0 Å². The molecule has 1 heteroatoms. The lowest BCUT2D eigenvalue weighted by atomic mass is 10.5. The second kappa shape index (κ2) is 4.36. The first-order valence-corrected chi connectivity index (χ1v) is 1.78. The Morgan fingerprint density at radius 2 is 2.50 bits per heavy atom. The quantitative estimate of drug-likeness (QED) is 0.354. The van der Waals surface area contributed by atoms with E-state index < -0.39 is 0 Å². The number of hydrogen-bond acceptors (Lipinski definition) is 1. The van der Waals surface area contributed by atoms with Crippen molar-refractivity contribution in [3.05, 3.63) is 6.92 Å². The van der Waals surface area contributed by atoms with Gasteiger partial charge in [-0.05, 0) is 13.3 Å². The molecule has 6 heavy (non-hydrogen) atoms. The molecule has 0 aromatic rings. The lowest BCUT2D eigenvalue weighted by Crippen LogP contribution is -1.80. The van der Waals surface area contributed by atoms with Crippen molar-refractivity contribution in [1.29, 1.82) is 0 Å². The van der Waals surface area contributed by atoms with E-state index >= 15 is 0 Å². The molecule has 0 spiro atoms. The van der Waals surface area contributed by atoms with Crippen molar-refractivity contribution >= 4 is 0 Å². The third kappa shape index (κ3) is 3.36. The van der Waals surface area contributed by atoms with Gasteiger partial charge in [0, 0.05) is 0 Å². The molecule has 0 aliphatic heterocycles. The maximum absolute atomic E-state index is 4.71. The van der Waals surface area contributed by atoms with Crippen LogP contribution in [0.25, 0.3) is 0 Å². The zero-order valence-electron chi connectivity index (χ0n) is 3.61. The van der Waals surface area contributed by atoms with Crippen molar-refractivity contribution < 1.29 is 4.74 Å². The normalized spacial score (nSPS) is 6.67. The minimum atomic E-state index is 0.566. The van der Waals surface area contributed by atoms with Crippen molar-refractivity contribution in [1.82, 2.24) is 0 Å². The van der Waals surface area contributed by atoms with Crippen LogP contribution in [0.4, 0.5) is 0 Å². The van der Waals surface area contributed by atoms with E-state index in [-0.39, 0.29) is 0 Å². The first-order valence-electron chi connectivity index (χ1n) is 1.78. The predicted octanol–water partition coefficient (Wildman–Crippen LogP) is 0.818. The van der Waals surface area contributed by atoms with E-state index in [1.807, 2.05) is 6.11 Å². The molecule has 1 radical (unpaired) electrons. The largest absolute Gasteiger partial charge is 0.447 e. The second-order valence-electron chi connectivity index (χ2n) is 0.820. The molecule has 0 heterocycles. The standard InChI is InChI=1S/C5H7O/c1-3-5-6-4-2/h2H,1,3,5H2. The van der Waals surface area contributed by atoms with Gasteiger partial charge in [0.15, 0.2) is 0 Å². The Morgan fingerprint density at radius 3 is 2.67 bits per heavy atom. The van der Waals surface area contributed by atoms with Gasteiger partial charge in [0.2, 0.25) is 0 Å². The summed E-state index contributed by atoms with van der Waals surface area (Å²) in [5, 5.41) is 0. The highest BCUT2D eigenvalue weighted by molar-refractivity contribution is 4.67. The maximum atomic E-state index is 4.71. The van der Waals surface area contributed by atoms with Gasteiger partial charge >= 0.3 is 0 Å². The van der Waals surface area contributed by atoms with Crippen molar-refractivity contribution in [3.63, 3.8) is 0 Å². The molecule has 0 aromatic carbocycles. The van der Waals surface area contributed by atoms with Crippen molar-refractivity contribution in [2.24, 2.45) is 0 Å². The van der Waals surface area contributed by atoms with E-state index in [9.17, 15) is 0 Å². The molecule has 0 atom stereocenters. The summed E-state index contributed by atoms with van der Waals surface area (Å²) in [6.45, 7) is 4.07. The highest BCUT2D eigenvalue weighted by Crippen LogP contribution is 1.72. The molecule has 0 rings (SSSR count). The van der Waals surface area contributed by atoms with E-state index in [1.54, 1.807) is 0 Å². The summed E-state index contributed by atoms with van der Waals surface area (Å²) < 4.78 is 4.45. The van der Waals surface area contributed by atoms with Crippen LogP contribution in [0.15, 0.2) is 0 Å². The van der Waals surface area contributed by atoms with Crippen LogP contribution in [0.5, 0.6) is 0 Å². The van der Waals surface area contributed by atoms with Crippen LogP contribution >= 0.6 is 0 Å². The van der Waals surface area contributed by atoms with E-state index in [4.69, 9.17) is 6.42 Å². The van der Waals surface area contributed by atoms with Crippen LogP contribution in [0.3, 0.4) is 0 Å². The molecule has 1 nitrogen and oxygen atoms in total. The van der Waals surface area contributed by atoms with Crippen molar-refractivity contribution in [2.75, 3.05) is 6.61 Å². The Balaban J connectivity index is 2.54. The second-order valence-corrected chi connectivity index (χ2v) is 0.820. The van der Waals surface area contributed by atoms with Crippen molar-refractivity contribution in [2.45, 2.75) is 6.42 Å². The molecule has 0 amide bonds. The highest BCUT2D eigenvalue weighted by atomic mass is 16.5. The molecule has 0 saturated carbocycles. The fourth-order valence-corrected chi connectivity index (χ4v) is 0.131. The zero-order chi connectivity index (χ0) is 4.83. The fraction of sp³-hybridized carbons (Fsp3) is 0.400. The lowest BCUT2D eigenvalue weighted by molar-refractivity contribution is 0.285. The van der Waals surface area contributed by atoms with Crippen LogP contribution in [0.2, 0.25) is 0 Å². The molecule has 0 aliphatic carbocycles. The third-order valence-corrected chi connectivity index (χ3v) is 0.330. The predicted molar refractivity (Wildman–Crippen MR) is 24.8 cm³/mol. The molecule has 33 valence electrons. The average Bonchev–Trinajstić information content (AvgIpc) is 1.61. The molecular weight excluding hydrogens is 76.1 g/mol. The van der Waals surface area contributed by atoms with E-state index in [1.165, 1.54) is 0 Å². The summed E-state index contributed by atoms with van der Waals surface area (Å²) in [5.41, 5.74) is 0. The maximum Gasteiger partial charge on any atom is 0.106 e. The van der Waals surface area contributed by atoms with Gasteiger partial charge in [-0.1, -0.05) is 6.42 Å². The first kappa shape index (κ1) is 5.36. The molecule has 0 saturated heterocycles. The highest BCUT2D eigenvalue weighted by Gasteiger charge is 1.69. The smallest absolute Gasteiger partial charge is 0.106 e. The first-order chi connectivity index (χ1) is 2.91. The molecule has 0 N–H and O–H groups in total. The molecule has 0 fully saturated rings. The molecule has 0 bridgehead atoms. The Morgan fingerprint density at radius 1 is 1.83 bits per heavy atom. The van der Waals surface area contributed by atoms with Crippen LogP contribution in [-0.2, 0) is 4.74 Å². The zero-order valence-corrected chi connectivity index (χ0v) is 3.61. The van der Waals surface area contributed by atoms with Gasteiger partial charge in [-0.2, -0.15) is 0 Å². The molecule has 0 aromatic heterocycles. The van der Waals surface area contributed by atoms with Crippen LogP contribution < -0.4 is 0 Å². The Labute approximate surface area is 38.3 Å². The van der Waals surface area contributed by atoms with E-state index in [0.717, 1.165) is 6.42 Å². The number of terminal acetylenes is 1. The summed E-state index contributed by atoms with van der Waals surface area (Å²) >= 11 is 0. The average molecular weight is 83.1 g/mol. The van der Waals surface area contributed by atoms with Gasteiger partial charge in [-0.25, -0.2) is 0 Å². The van der Waals surface area contributed by atoms with Gasteiger partial charge in [0.25, 0.3) is 0 Å². The fourth-order valence-electron chi connectivity index (χ4n) is 0.131. The Bertz CT molecular complexity index is 51.4. The monoisotopic (exact) mass is 83.0 g/mol. The van der Waals surface area contributed by atoms with E-state index in [2.05, 4.69) is 11.7 Å². The minimum absolute atomic E-state index is 0.566. The van der Waals surface area contributed by atoms with Gasteiger partial charge in [0.1, 0.15) is 12.7 Å². The van der Waals surface area contributed by atoms with Crippen LogP contribution in [-0.4, -0.2) is 6.61 Å². The number of hydrogen-bond donors (Lipinski definition) is 0. The number of rotatable bonds is 2. The summed E-state index contributed by atoms with van der Waals surface area (Å²) in [6.07, 6.45) is 7.48. The topological polar surface area (TPSA) is 9.23 Å². The van der Waals surface area contributed by atoms with Crippen molar-refractivity contribution in [3.8, 4) is 12.5 Å². The van der Waals surface area contributed by atoms with Crippen LogP contribution in [0, 0.1) is 19.5 Å². The molecule has 0 unspecified atom stereocenters. The summed E-state index contributed by atoms with van der Waals surface area (Å²) in [5.74, 6) is 0. The van der Waals surface area contributed by atoms with E-state index in [0.29, 0.717) is 6.61 Å². The van der Waals surface area contributed by atoms with Crippen LogP contribution in [0.1, 0.15) is 6.42 Å². The summed E-state index contributed by atoms with van der Waals surface area (Å²) in [6, 6.07) is 0. The minimum Gasteiger partial charge on any atom is -0.447 e. The SMILES string of the molecule is C#COCC[CH2]. The van der Waals surface area contributed by atoms with Gasteiger partial charge in [-0.3, -0.25) is 0 Å². The lowest BCUT2D eigenvalue weighted by Gasteiger charge is -1.86. The summed E-state index contributed by atoms with van der Waals surface area (Å²) in [7, 11) is 0. The van der Waals surface area contributed by atoms with Gasteiger partial charge in [0.05, 0.1) is 0 Å². The summed E-state index contributed by atoms with van der Waals surface area (Å²) in [4.78, 5) is 0. The Kier molecular flexibility index (Phi) is 3.89. The Hall–Kier alpha value is -0.640.